The lowest BCUT2D eigenvalue weighted by molar-refractivity contribution is -0.186. The smallest absolute Gasteiger partial charge is 0.471 e. The van der Waals surface area contributed by atoms with Crippen LogP contribution in [-0.4, -0.2) is 50.4 Å². The van der Waals surface area contributed by atoms with Crippen LogP contribution in [0.3, 0.4) is 0 Å². The number of anilines is 4. The third-order valence-electron chi connectivity index (χ3n) is 6.27. The molecule has 2 aromatic carbocycles. The van der Waals surface area contributed by atoms with Crippen LogP contribution in [0, 0.1) is 6.92 Å². The van der Waals surface area contributed by atoms with E-state index in [0.29, 0.717) is 35.1 Å². The molecule has 0 atom stereocenters. The van der Waals surface area contributed by atoms with Gasteiger partial charge in [-0.25, -0.2) is 9.67 Å². The molecule has 2 N–H and O–H groups in total. The van der Waals surface area contributed by atoms with Crippen LogP contribution in [0.15, 0.2) is 42.6 Å². The minimum absolute atomic E-state index is 0.0325. The highest BCUT2D eigenvalue weighted by atomic mass is 19.4. The Hall–Kier alpha value is -4.35. The van der Waals surface area contributed by atoms with E-state index in [2.05, 4.69) is 25.7 Å². The van der Waals surface area contributed by atoms with Gasteiger partial charge in [0.25, 0.3) is 0 Å². The SMILES string of the molecule is COc1ccc(Nc2nn(C)c3nc(Nc4ccc5c(c4)CN(C(=O)C(F)(F)F)CC5)ncc23)c(C)c1. The van der Waals surface area contributed by atoms with E-state index in [1.165, 1.54) is 0 Å². The normalized spacial score (nSPS) is 13.4. The molecule has 192 valence electrons. The average Bonchev–Trinajstić information content (AvgIpc) is 3.18. The summed E-state index contributed by atoms with van der Waals surface area (Å²) in [5.41, 5.74) is 4.61. The summed E-state index contributed by atoms with van der Waals surface area (Å²) in [5, 5.41) is 11.7. The summed E-state index contributed by atoms with van der Waals surface area (Å²) in [6.07, 6.45) is -2.88. The van der Waals surface area contributed by atoms with E-state index in [0.717, 1.165) is 32.8 Å². The molecule has 37 heavy (non-hydrogen) atoms. The third kappa shape index (κ3) is 4.86. The monoisotopic (exact) mass is 511 g/mol. The molecule has 2 aromatic heterocycles. The molecular formula is C25H24F3N7O2. The first kappa shape index (κ1) is 24.3. The van der Waals surface area contributed by atoms with Crippen molar-refractivity contribution in [3.05, 3.63) is 59.3 Å². The van der Waals surface area contributed by atoms with Crippen LogP contribution in [0.4, 0.5) is 36.3 Å². The first-order valence-corrected chi connectivity index (χ1v) is 11.5. The Kier molecular flexibility index (Phi) is 6.10. The molecule has 0 bridgehead atoms. The highest BCUT2D eigenvalue weighted by Crippen LogP contribution is 2.30. The average molecular weight is 512 g/mol. The summed E-state index contributed by atoms with van der Waals surface area (Å²) in [6.45, 7) is 1.89. The molecular weight excluding hydrogens is 487 g/mol. The van der Waals surface area contributed by atoms with Crippen molar-refractivity contribution in [3.8, 4) is 5.75 Å². The second-order valence-electron chi connectivity index (χ2n) is 8.79. The number of ether oxygens (including phenoxy) is 1. The number of hydrogen-bond donors (Lipinski definition) is 2. The number of benzene rings is 2. The molecule has 4 aromatic rings. The van der Waals surface area contributed by atoms with Gasteiger partial charge in [-0.05, 0) is 60.4 Å². The van der Waals surface area contributed by atoms with Crippen LogP contribution in [0.1, 0.15) is 16.7 Å². The van der Waals surface area contributed by atoms with Crippen molar-refractivity contribution in [2.24, 2.45) is 7.05 Å². The fourth-order valence-electron chi connectivity index (χ4n) is 4.34. The van der Waals surface area contributed by atoms with E-state index in [1.54, 1.807) is 31.1 Å². The van der Waals surface area contributed by atoms with Gasteiger partial charge in [-0.15, -0.1) is 0 Å². The van der Waals surface area contributed by atoms with Crippen molar-refractivity contribution in [1.82, 2.24) is 24.6 Å². The van der Waals surface area contributed by atoms with Crippen molar-refractivity contribution < 1.29 is 22.7 Å². The molecule has 0 aliphatic carbocycles. The molecule has 0 saturated carbocycles. The molecule has 5 rings (SSSR count). The van der Waals surface area contributed by atoms with Crippen molar-refractivity contribution >= 4 is 40.1 Å². The predicted octanol–water partition coefficient (Wildman–Crippen LogP) is 4.61. The van der Waals surface area contributed by atoms with Crippen molar-refractivity contribution in [1.29, 1.82) is 0 Å². The van der Waals surface area contributed by atoms with E-state index >= 15 is 0 Å². The predicted molar refractivity (Wildman–Crippen MR) is 132 cm³/mol. The van der Waals surface area contributed by atoms with Crippen LogP contribution in [-0.2, 0) is 24.8 Å². The highest BCUT2D eigenvalue weighted by Gasteiger charge is 2.43. The summed E-state index contributed by atoms with van der Waals surface area (Å²) in [4.78, 5) is 21.5. The van der Waals surface area contributed by atoms with Crippen LogP contribution < -0.4 is 15.4 Å². The molecule has 9 nitrogen and oxygen atoms in total. The van der Waals surface area contributed by atoms with Gasteiger partial charge in [0.1, 0.15) is 5.75 Å². The van der Waals surface area contributed by atoms with Gasteiger partial charge < -0.3 is 20.3 Å². The van der Waals surface area contributed by atoms with Crippen molar-refractivity contribution in [2.75, 3.05) is 24.3 Å². The number of carbonyl (C=O) groups excluding carboxylic acids is 1. The van der Waals surface area contributed by atoms with E-state index in [-0.39, 0.29) is 13.1 Å². The van der Waals surface area contributed by atoms with E-state index in [9.17, 15) is 18.0 Å². The van der Waals surface area contributed by atoms with Gasteiger partial charge in [-0.2, -0.15) is 23.3 Å². The Morgan fingerprint density at radius 1 is 1.11 bits per heavy atom. The summed E-state index contributed by atoms with van der Waals surface area (Å²) >= 11 is 0. The van der Waals surface area contributed by atoms with Crippen LogP contribution in [0.5, 0.6) is 5.75 Å². The van der Waals surface area contributed by atoms with Gasteiger partial charge in [0.05, 0.1) is 12.5 Å². The van der Waals surface area contributed by atoms with E-state index < -0.39 is 12.1 Å². The lowest BCUT2D eigenvalue weighted by Crippen LogP contribution is -2.43. The molecule has 0 spiro atoms. The Bertz CT molecular complexity index is 1500. The van der Waals surface area contributed by atoms with Gasteiger partial charge in [0, 0.05) is 37.7 Å². The summed E-state index contributed by atoms with van der Waals surface area (Å²) in [7, 11) is 3.39. The molecule has 1 amide bonds. The number of nitrogens with zero attached hydrogens (tertiary/aromatic N) is 5. The Morgan fingerprint density at radius 2 is 1.92 bits per heavy atom. The number of aromatic nitrogens is 4. The molecule has 1 aliphatic rings. The maximum absolute atomic E-state index is 12.9. The number of amides is 1. The minimum atomic E-state index is -4.89. The zero-order valence-electron chi connectivity index (χ0n) is 20.3. The van der Waals surface area contributed by atoms with E-state index in [4.69, 9.17) is 4.74 Å². The molecule has 0 saturated heterocycles. The van der Waals surface area contributed by atoms with Gasteiger partial charge in [-0.1, -0.05) is 6.07 Å². The summed E-state index contributed by atoms with van der Waals surface area (Å²) < 4.78 is 45.5. The summed E-state index contributed by atoms with van der Waals surface area (Å²) in [6, 6.07) is 11.1. The number of carbonyl (C=O) groups is 1. The van der Waals surface area contributed by atoms with Gasteiger partial charge >= 0.3 is 12.1 Å². The minimum Gasteiger partial charge on any atom is -0.497 e. The fraction of sp³-hybridized carbons (Fsp3) is 0.280. The standard InChI is InChI=1S/C25H24F3N7O2/c1-14-10-18(37-3)6-7-20(14)31-21-19-12-29-24(32-22(19)34(2)33-21)30-17-5-4-15-8-9-35(13-16(15)11-17)23(36)25(26,27)28/h4-7,10-12H,8-9,13H2,1-3H3,(H,31,33)(H,29,30,32). The van der Waals surface area contributed by atoms with Crippen LogP contribution in [0.2, 0.25) is 0 Å². The largest absolute Gasteiger partial charge is 0.497 e. The zero-order valence-corrected chi connectivity index (χ0v) is 20.3. The van der Waals surface area contributed by atoms with Gasteiger partial charge in [0.2, 0.25) is 5.95 Å². The van der Waals surface area contributed by atoms with Crippen molar-refractivity contribution in [2.45, 2.75) is 26.1 Å². The first-order chi connectivity index (χ1) is 17.6. The fourth-order valence-corrected chi connectivity index (χ4v) is 4.34. The van der Waals surface area contributed by atoms with Gasteiger partial charge in [-0.3, -0.25) is 4.79 Å². The number of methoxy groups -OCH3 is 1. The second kappa shape index (κ2) is 9.26. The Labute approximate surface area is 210 Å². The first-order valence-electron chi connectivity index (χ1n) is 11.5. The van der Waals surface area contributed by atoms with Crippen LogP contribution in [0.25, 0.3) is 11.0 Å². The topological polar surface area (TPSA) is 97.2 Å². The second-order valence-corrected chi connectivity index (χ2v) is 8.79. The van der Waals surface area contributed by atoms with Crippen molar-refractivity contribution in [3.63, 3.8) is 0 Å². The third-order valence-corrected chi connectivity index (χ3v) is 6.27. The number of rotatable bonds is 5. The quantitative estimate of drug-likeness (QED) is 0.404. The summed E-state index contributed by atoms with van der Waals surface area (Å²) in [5.74, 6) is -0.159. The lowest BCUT2D eigenvalue weighted by atomic mass is 9.99. The highest BCUT2D eigenvalue weighted by molar-refractivity contribution is 5.90. The molecule has 0 fully saturated rings. The number of hydrogen-bond acceptors (Lipinski definition) is 7. The molecule has 3 heterocycles. The number of nitrogens with one attached hydrogen (secondary N) is 2. The zero-order chi connectivity index (χ0) is 26.3. The molecule has 12 heteroatoms. The Balaban J connectivity index is 1.36. The molecule has 0 radical (unpaired) electrons. The Morgan fingerprint density at radius 3 is 2.65 bits per heavy atom. The number of alkyl halides is 3. The maximum atomic E-state index is 12.9. The van der Waals surface area contributed by atoms with Crippen LogP contribution >= 0.6 is 0 Å². The lowest BCUT2D eigenvalue weighted by Gasteiger charge is -2.29. The maximum Gasteiger partial charge on any atom is 0.471 e. The number of aryl methyl sites for hydroxylation is 2. The molecule has 0 unspecified atom stereocenters. The molecule has 1 aliphatic heterocycles. The van der Waals surface area contributed by atoms with E-state index in [1.807, 2.05) is 37.3 Å². The number of fused-ring (bicyclic) bond motifs is 2. The number of halogens is 3. The van der Waals surface area contributed by atoms with Gasteiger partial charge in [0.15, 0.2) is 11.5 Å².